The highest BCUT2D eigenvalue weighted by Crippen LogP contribution is 2.48. The fourth-order valence-electron chi connectivity index (χ4n) is 2.91. The van der Waals surface area contributed by atoms with Crippen LogP contribution in [0.3, 0.4) is 0 Å². The highest BCUT2D eigenvalue weighted by molar-refractivity contribution is 7.24. The van der Waals surface area contributed by atoms with Crippen LogP contribution in [0.4, 0.5) is 0 Å². The maximum Gasteiger partial charge on any atom is 0.158 e. The van der Waals surface area contributed by atoms with Gasteiger partial charge in [0.1, 0.15) is 0 Å². The van der Waals surface area contributed by atoms with E-state index in [9.17, 15) is 4.57 Å². The molecule has 0 radical (unpaired) electrons. The lowest BCUT2D eigenvalue weighted by Crippen LogP contribution is -2.19. The van der Waals surface area contributed by atoms with Crippen molar-refractivity contribution in [2.24, 2.45) is 17.8 Å². The second kappa shape index (κ2) is 3.92. The zero-order chi connectivity index (χ0) is 9.26. The van der Waals surface area contributed by atoms with Crippen molar-refractivity contribution in [3.63, 3.8) is 0 Å². The van der Waals surface area contributed by atoms with Crippen molar-refractivity contribution in [1.82, 2.24) is 0 Å². The van der Waals surface area contributed by atoms with E-state index in [-0.39, 0.29) is 0 Å². The summed E-state index contributed by atoms with van der Waals surface area (Å²) in [7, 11) is 0.381. The average Bonchev–Trinajstić information content (AvgIpc) is 2.74. The summed E-state index contributed by atoms with van der Waals surface area (Å²) in [5.41, 5.74) is 0.435. The molecule has 2 aliphatic carbocycles. The Hall–Kier alpha value is -0.160. The van der Waals surface area contributed by atoms with Crippen LogP contribution in [-0.4, -0.2) is 5.66 Å². The molecule has 2 unspecified atom stereocenters. The second-order valence-corrected chi connectivity index (χ2v) is 5.28. The molecule has 2 rings (SSSR count). The molecule has 13 heavy (non-hydrogen) atoms. The van der Waals surface area contributed by atoms with Crippen LogP contribution in [-0.2, 0) is 4.57 Å². The number of allylic oxidation sites excluding steroid dienone is 2. The van der Waals surface area contributed by atoms with E-state index in [0.29, 0.717) is 20.0 Å². The summed E-state index contributed by atoms with van der Waals surface area (Å²) in [4.78, 5) is 0. The molecule has 0 heterocycles. The molecule has 1 fully saturated rings. The van der Waals surface area contributed by atoms with Crippen molar-refractivity contribution < 1.29 is 4.57 Å². The first-order valence-corrected chi connectivity index (χ1v) is 6.24. The first-order chi connectivity index (χ1) is 6.35. The highest BCUT2D eigenvalue weighted by atomic mass is 31.1. The predicted molar refractivity (Wildman–Crippen MR) is 55.1 cm³/mol. The molecule has 2 bridgehead atoms. The van der Waals surface area contributed by atoms with Crippen LogP contribution in [0.1, 0.15) is 32.6 Å². The lowest BCUT2D eigenvalue weighted by atomic mass is 9.88. The maximum atomic E-state index is 11.0. The van der Waals surface area contributed by atoms with Gasteiger partial charge in [-0.25, -0.2) is 0 Å². The van der Waals surface area contributed by atoms with Crippen LogP contribution in [0.25, 0.3) is 0 Å². The zero-order valence-electron chi connectivity index (χ0n) is 8.15. The smallest absolute Gasteiger partial charge is 0.158 e. The molecule has 0 aliphatic heterocycles. The highest BCUT2D eigenvalue weighted by Gasteiger charge is 2.39. The van der Waals surface area contributed by atoms with Gasteiger partial charge in [-0.3, -0.25) is 4.57 Å². The third-order valence-electron chi connectivity index (χ3n) is 3.54. The number of rotatable bonds is 4. The quantitative estimate of drug-likeness (QED) is 0.495. The summed E-state index contributed by atoms with van der Waals surface area (Å²) in [5, 5.41) is 0. The van der Waals surface area contributed by atoms with Gasteiger partial charge >= 0.3 is 0 Å². The summed E-state index contributed by atoms with van der Waals surface area (Å²) in [6.45, 7) is 2.18. The molecular formula is C11H17OP. The molecule has 1 saturated carbocycles. The molecule has 0 aromatic heterocycles. The van der Waals surface area contributed by atoms with Crippen LogP contribution in [0, 0.1) is 17.8 Å². The molecule has 0 amide bonds. The molecule has 2 aliphatic rings. The van der Waals surface area contributed by atoms with Crippen LogP contribution >= 0.6 is 8.46 Å². The van der Waals surface area contributed by atoms with Crippen molar-refractivity contribution in [2.75, 3.05) is 0 Å². The summed E-state index contributed by atoms with van der Waals surface area (Å²) in [6, 6.07) is 0. The SMILES string of the molecule is CCCC(P=O)C1C[C@@H]2C=C[C@H]1C2. The van der Waals surface area contributed by atoms with Gasteiger partial charge in [-0.2, -0.15) is 0 Å². The monoisotopic (exact) mass is 196 g/mol. The Labute approximate surface area is 81.8 Å². The first kappa shape index (κ1) is 9.40. The molecule has 0 saturated heterocycles. The van der Waals surface area contributed by atoms with E-state index < -0.39 is 0 Å². The molecule has 4 atom stereocenters. The second-order valence-electron chi connectivity index (χ2n) is 4.41. The summed E-state index contributed by atoms with van der Waals surface area (Å²) >= 11 is 0. The number of hydrogen-bond acceptors (Lipinski definition) is 1. The van der Waals surface area contributed by atoms with E-state index in [0.717, 1.165) is 24.7 Å². The summed E-state index contributed by atoms with van der Waals surface area (Å²) in [5.74, 6) is 2.29. The lowest BCUT2D eigenvalue weighted by molar-refractivity contribution is 0.405. The Kier molecular flexibility index (Phi) is 2.83. The Balaban J connectivity index is 2.00. The Morgan fingerprint density at radius 2 is 2.31 bits per heavy atom. The number of hydrogen-bond donors (Lipinski definition) is 0. The normalized spacial score (nSPS) is 38.7. The molecule has 0 spiro atoms. The third kappa shape index (κ3) is 1.72. The van der Waals surface area contributed by atoms with Crippen LogP contribution in [0.5, 0.6) is 0 Å². The van der Waals surface area contributed by atoms with Gasteiger partial charge in [0.15, 0.2) is 8.46 Å². The van der Waals surface area contributed by atoms with Crippen molar-refractivity contribution in [2.45, 2.75) is 38.3 Å². The zero-order valence-corrected chi connectivity index (χ0v) is 9.04. The van der Waals surface area contributed by atoms with Crippen LogP contribution < -0.4 is 0 Å². The maximum absolute atomic E-state index is 11.0. The Bertz CT molecular complexity index is 224. The summed E-state index contributed by atoms with van der Waals surface area (Å²) in [6.07, 6.45) is 9.63. The van der Waals surface area contributed by atoms with Crippen molar-refractivity contribution in [1.29, 1.82) is 0 Å². The predicted octanol–water partition coefficient (Wildman–Crippen LogP) is 3.66. The van der Waals surface area contributed by atoms with E-state index >= 15 is 0 Å². The minimum Gasteiger partial charge on any atom is -0.275 e. The Morgan fingerprint density at radius 1 is 1.46 bits per heavy atom. The van der Waals surface area contributed by atoms with Gasteiger partial charge in [0.25, 0.3) is 0 Å². The summed E-state index contributed by atoms with van der Waals surface area (Å²) < 4.78 is 11.0. The van der Waals surface area contributed by atoms with Gasteiger partial charge in [-0.15, -0.1) is 0 Å². The van der Waals surface area contributed by atoms with Gasteiger partial charge in [0.2, 0.25) is 0 Å². The minimum absolute atomic E-state index is 0.381. The van der Waals surface area contributed by atoms with E-state index in [1.54, 1.807) is 0 Å². The van der Waals surface area contributed by atoms with E-state index in [1.165, 1.54) is 12.8 Å². The van der Waals surface area contributed by atoms with Crippen molar-refractivity contribution >= 4 is 8.46 Å². The number of fused-ring (bicyclic) bond motifs is 2. The van der Waals surface area contributed by atoms with Crippen molar-refractivity contribution in [3.05, 3.63) is 12.2 Å². The van der Waals surface area contributed by atoms with Crippen LogP contribution in [0.2, 0.25) is 0 Å². The third-order valence-corrected chi connectivity index (χ3v) is 4.46. The standard InChI is InChI=1S/C11H17OP/c1-2-3-11(13-12)10-7-8-4-5-9(10)6-8/h4-5,8-11H,2-3,6-7H2,1H3/t8-,9+,10?,11?/m1/s1. The van der Waals surface area contributed by atoms with Crippen molar-refractivity contribution in [3.8, 4) is 0 Å². The van der Waals surface area contributed by atoms with E-state index in [1.807, 2.05) is 0 Å². The molecule has 1 nitrogen and oxygen atoms in total. The van der Waals surface area contributed by atoms with Gasteiger partial charge in [0.05, 0.1) is 0 Å². The topological polar surface area (TPSA) is 17.1 Å². The average molecular weight is 196 g/mol. The molecule has 0 N–H and O–H groups in total. The van der Waals surface area contributed by atoms with Gasteiger partial charge in [0, 0.05) is 5.66 Å². The Morgan fingerprint density at radius 3 is 2.77 bits per heavy atom. The van der Waals surface area contributed by atoms with E-state index in [4.69, 9.17) is 0 Å². The van der Waals surface area contributed by atoms with Crippen LogP contribution in [0.15, 0.2) is 12.2 Å². The van der Waals surface area contributed by atoms with Gasteiger partial charge < -0.3 is 0 Å². The fourth-order valence-corrected chi connectivity index (χ4v) is 3.77. The first-order valence-electron chi connectivity index (χ1n) is 5.36. The molecular weight excluding hydrogens is 179 g/mol. The molecule has 72 valence electrons. The lowest BCUT2D eigenvalue weighted by Gasteiger charge is -2.22. The molecule has 0 aromatic carbocycles. The minimum atomic E-state index is 0.381. The largest absolute Gasteiger partial charge is 0.275 e. The molecule has 2 heteroatoms. The van der Waals surface area contributed by atoms with E-state index in [2.05, 4.69) is 19.1 Å². The molecule has 0 aromatic rings. The van der Waals surface area contributed by atoms with Gasteiger partial charge in [-0.1, -0.05) is 25.5 Å². The van der Waals surface area contributed by atoms with Gasteiger partial charge in [-0.05, 0) is 37.0 Å². The fraction of sp³-hybridized carbons (Fsp3) is 0.818.